The number of halogens is 1. The maximum Gasteiger partial charge on any atom is 0.247 e. The minimum atomic E-state index is -0.524. The van der Waals surface area contributed by atoms with Crippen LogP contribution in [0, 0.1) is 18.7 Å². The van der Waals surface area contributed by atoms with E-state index in [-0.39, 0.29) is 30.6 Å². The number of amides is 2. The van der Waals surface area contributed by atoms with Gasteiger partial charge in [-0.15, -0.1) is 10.2 Å². The number of benzene rings is 2. The van der Waals surface area contributed by atoms with Gasteiger partial charge in [0.2, 0.25) is 24.1 Å². The quantitative estimate of drug-likeness (QED) is 0.751. The number of nitrogens with zero attached hydrogens (tertiary/aromatic N) is 3. The van der Waals surface area contributed by atoms with E-state index in [0.29, 0.717) is 28.4 Å². The standard InChI is InChI=1S/C20H17FN4O3/c1-12-5-6-16(9-17(12)21)25-10-14(8-18(25)26)19(27)23-15-4-2-3-13(7-15)20-24-22-11-28-20/h2-7,9,11,14H,8,10H2,1H3,(H,23,27). The fourth-order valence-electron chi connectivity index (χ4n) is 3.16. The number of carbonyl (C=O) groups is 2. The SMILES string of the molecule is Cc1ccc(N2CC(C(=O)Nc3cccc(-c4nnco4)c3)CC2=O)cc1F. The van der Waals surface area contributed by atoms with Crippen molar-refractivity contribution in [3.63, 3.8) is 0 Å². The first kappa shape index (κ1) is 17.8. The molecule has 1 saturated heterocycles. The number of nitrogens with one attached hydrogen (secondary N) is 1. The zero-order valence-corrected chi connectivity index (χ0v) is 15.1. The summed E-state index contributed by atoms with van der Waals surface area (Å²) in [7, 11) is 0. The van der Waals surface area contributed by atoms with E-state index in [1.807, 2.05) is 0 Å². The Morgan fingerprint density at radius 3 is 2.89 bits per heavy atom. The number of carbonyl (C=O) groups excluding carboxylic acids is 2. The Morgan fingerprint density at radius 1 is 1.29 bits per heavy atom. The normalized spacial score (nSPS) is 16.4. The van der Waals surface area contributed by atoms with Gasteiger partial charge in [0.05, 0.1) is 5.92 Å². The van der Waals surface area contributed by atoms with Crippen LogP contribution >= 0.6 is 0 Å². The van der Waals surface area contributed by atoms with Crippen molar-refractivity contribution < 1.29 is 18.4 Å². The van der Waals surface area contributed by atoms with Gasteiger partial charge in [0.15, 0.2) is 0 Å². The molecule has 4 rings (SSSR count). The van der Waals surface area contributed by atoms with Crippen LogP contribution in [0.15, 0.2) is 53.3 Å². The zero-order valence-electron chi connectivity index (χ0n) is 15.1. The fraction of sp³-hybridized carbons (Fsp3) is 0.200. The summed E-state index contributed by atoms with van der Waals surface area (Å²) in [6, 6.07) is 11.6. The lowest BCUT2D eigenvalue weighted by Crippen LogP contribution is -2.28. The van der Waals surface area contributed by atoms with Gasteiger partial charge in [-0.3, -0.25) is 9.59 Å². The first-order chi connectivity index (χ1) is 13.5. The predicted molar refractivity (Wildman–Crippen MR) is 100.0 cm³/mol. The van der Waals surface area contributed by atoms with Gasteiger partial charge in [0.1, 0.15) is 5.82 Å². The summed E-state index contributed by atoms with van der Waals surface area (Å²) in [5.74, 6) is -1.03. The lowest BCUT2D eigenvalue weighted by atomic mass is 10.1. The number of hydrogen-bond donors (Lipinski definition) is 1. The third kappa shape index (κ3) is 3.48. The molecule has 2 amide bonds. The average Bonchev–Trinajstić information content (AvgIpc) is 3.34. The summed E-state index contributed by atoms with van der Waals surface area (Å²) >= 11 is 0. The van der Waals surface area contributed by atoms with E-state index in [4.69, 9.17) is 4.42 Å². The number of rotatable bonds is 4. The summed E-state index contributed by atoms with van der Waals surface area (Å²) in [5, 5.41) is 10.3. The van der Waals surface area contributed by atoms with E-state index < -0.39 is 5.92 Å². The Kier molecular flexibility index (Phi) is 4.60. The molecule has 2 heterocycles. The summed E-state index contributed by atoms with van der Waals surface area (Å²) < 4.78 is 19.0. The third-order valence-electron chi connectivity index (χ3n) is 4.70. The Bertz CT molecular complexity index is 1040. The topological polar surface area (TPSA) is 88.3 Å². The van der Waals surface area contributed by atoms with Crippen LogP contribution in [0.3, 0.4) is 0 Å². The van der Waals surface area contributed by atoms with Crippen LogP contribution in [-0.4, -0.2) is 28.6 Å². The second-order valence-electron chi connectivity index (χ2n) is 6.65. The van der Waals surface area contributed by atoms with Crippen LogP contribution in [0.5, 0.6) is 0 Å². The van der Waals surface area contributed by atoms with Crippen LogP contribution in [0.25, 0.3) is 11.5 Å². The predicted octanol–water partition coefficient (Wildman–Crippen LogP) is 3.18. The Morgan fingerprint density at radius 2 is 2.14 bits per heavy atom. The molecule has 1 atom stereocenters. The van der Waals surface area contributed by atoms with Gasteiger partial charge >= 0.3 is 0 Å². The van der Waals surface area contributed by atoms with Crippen LogP contribution in [-0.2, 0) is 9.59 Å². The summed E-state index contributed by atoms with van der Waals surface area (Å²) in [6.07, 6.45) is 1.30. The molecule has 0 aliphatic carbocycles. The van der Waals surface area contributed by atoms with Crippen molar-refractivity contribution in [3.8, 4) is 11.5 Å². The summed E-state index contributed by atoms with van der Waals surface area (Å²) in [6.45, 7) is 1.86. The number of anilines is 2. The fourth-order valence-corrected chi connectivity index (χ4v) is 3.16. The van der Waals surface area contributed by atoms with Crippen LogP contribution in [0.2, 0.25) is 0 Å². The summed E-state index contributed by atoms with van der Waals surface area (Å²) in [4.78, 5) is 26.4. The second-order valence-corrected chi connectivity index (χ2v) is 6.65. The van der Waals surface area contributed by atoms with E-state index in [0.717, 1.165) is 0 Å². The van der Waals surface area contributed by atoms with Crippen molar-refractivity contribution in [2.45, 2.75) is 13.3 Å². The molecule has 142 valence electrons. The number of hydrogen-bond acceptors (Lipinski definition) is 5. The average molecular weight is 380 g/mol. The molecule has 1 unspecified atom stereocenters. The maximum absolute atomic E-state index is 13.8. The third-order valence-corrected chi connectivity index (χ3v) is 4.70. The monoisotopic (exact) mass is 380 g/mol. The van der Waals surface area contributed by atoms with Crippen molar-refractivity contribution in [1.82, 2.24) is 10.2 Å². The van der Waals surface area contributed by atoms with Gasteiger partial charge in [-0.1, -0.05) is 12.1 Å². The van der Waals surface area contributed by atoms with Gasteiger partial charge < -0.3 is 14.6 Å². The lowest BCUT2D eigenvalue weighted by molar-refractivity contribution is -0.122. The van der Waals surface area contributed by atoms with E-state index in [2.05, 4.69) is 15.5 Å². The Balaban J connectivity index is 1.47. The first-order valence-corrected chi connectivity index (χ1v) is 8.75. The molecule has 1 fully saturated rings. The molecule has 8 heteroatoms. The smallest absolute Gasteiger partial charge is 0.247 e. The molecule has 1 N–H and O–H groups in total. The van der Waals surface area contributed by atoms with Gasteiger partial charge in [0, 0.05) is 29.9 Å². The highest BCUT2D eigenvalue weighted by atomic mass is 19.1. The Hall–Kier alpha value is -3.55. The molecule has 0 spiro atoms. The number of aromatic nitrogens is 2. The highest BCUT2D eigenvalue weighted by Gasteiger charge is 2.35. The first-order valence-electron chi connectivity index (χ1n) is 8.75. The van der Waals surface area contributed by atoms with Crippen molar-refractivity contribution in [3.05, 3.63) is 60.2 Å². The molecule has 1 aliphatic heterocycles. The van der Waals surface area contributed by atoms with E-state index in [1.54, 1.807) is 43.3 Å². The van der Waals surface area contributed by atoms with E-state index in [1.165, 1.54) is 17.4 Å². The van der Waals surface area contributed by atoms with Crippen molar-refractivity contribution in [1.29, 1.82) is 0 Å². The largest absolute Gasteiger partial charge is 0.423 e. The molecule has 1 aliphatic rings. The molecule has 1 aromatic heterocycles. The van der Waals surface area contributed by atoms with Crippen LogP contribution in [0.1, 0.15) is 12.0 Å². The molecule has 2 aromatic carbocycles. The van der Waals surface area contributed by atoms with Crippen molar-refractivity contribution >= 4 is 23.2 Å². The molecule has 3 aromatic rings. The van der Waals surface area contributed by atoms with Gasteiger partial charge in [-0.05, 0) is 42.8 Å². The van der Waals surface area contributed by atoms with Crippen molar-refractivity contribution in [2.75, 3.05) is 16.8 Å². The maximum atomic E-state index is 13.8. The van der Waals surface area contributed by atoms with Crippen LogP contribution in [0.4, 0.5) is 15.8 Å². The zero-order chi connectivity index (χ0) is 19.7. The van der Waals surface area contributed by atoms with Crippen LogP contribution < -0.4 is 10.2 Å². The van der Waals surface area contributed by atoms with Gasteiger partial charge in [-0.2, -0.15) is 0 Å². The van der Waals surface area contributed by atoms with Gasteiger partial charge in [0.25, 0.3) is 0 Å². The number of aryl methyl sites for hydroxylation is 1. The Labute approximate surface area is 160 Å². The van der Waals surface area contributed by atoms with E-state index in [9.17, 15) is 14.0 Å². The highest BCUT2D eigenvalue weighted by molar-refractivity contribution is 6.03. The molecular formula is C20H17FN4O3. The summed E-state index contributed by atoms with van der Waals surface area (Å²) in [5.41, 5.74) is 2.20. The minimum absolute atomic E-state index is 0.0741. The minimum Gasteiger partial charge on any atom is -0.423 e. The molecule has 0 bridgehead atoms. The van der Waals surface area contributed by atoms with Gasteiger partial charge in [-0.25, -0.2) is 4.39 Å². The molecule has 28 heavy (non-hydrogen) atoms. The molecular weight excluding hydrogens is 363 g/mol. The highest BCUT2D eigenvalue weighted by Crippen LogP contribution is 2.28. The molecule has 0 radical (unpaired) electrons. The lowest BCUT2D eigenvalue weighted by Gasteiger charge is -2.17. The molecule has 0 saturated carbocycles. The molecule has 7 nitrogen and oxygen atoms in total. The van der Waals surface area contributed by atoms with E-state index >= 15 is 0 Å². The van der Waals surface area contributed by atoms with Crippen molar-refractivity contribution in [2.24, 2.45) is 5.92 Å². The second kappa shape index (κ2) is 7.22.